The molecule has 0 aromatic heterocycles. The number of ether oxygens (including phenoxy) is 1. The SMILES string of the molecule is CC(C)(C)OC(=O)c1ccccc1CNC(=O)O. The third-order valence-electron chi connectivity index (χ3n) is 2.07. The second-order valence-corrected chi connectivity index (χ2v) is 4.82. The average Bonchev–Trinajstić information content (AvgIpc) is 2.24. The fraction of sp³-hybridized carbons (Fsp3) is 0.385. The van der Waals surface area contributed by atoms with Gasteiger partial charge in [-0.1, -0.05) is 18.2 Å². The largest absolute Gasteiger partial charge is 0.465 e. The van der Waals surface area contributed by atoms with Crippen LogP contribution < -0.4 is 5.32 Å². The maximum atomic E-state index is 11.9. The zero-order valence-electron chi connectivity index (χ0n) is 10.7. The van der Waals surface area contributed by atoms with E-state index in [1.54, 1.807) is 45.0 Å². The van der Waals surface area contributed by atoms with Crippen molar-refractivity contribution in [2.75, 3.05) is 0 Å². The molecule has 0 atom stereocenters. The van der Waals surface area contributed by atoms with Crippen molar-refractivity contribution >= 4 is 12.1 Å². The van der Waals surface area contributed by atoms with Gasteiger partial charge in [-0.15, -0.1) is 0 Å². The highest BCUT2D eigenvalue weighted by molar-refractivity contribution is 5.91. The highest BCUT2D eigenvalue weighted by atomic mass is 16.6. The highest BCUT2D eigenvalue weighted by Crippen LogP contribution is 2.15. The molecule has 0 aliphatic rings. The van der Waals surface area contributed by atoms with Crippen LogP contribution in [0, 0.1) is 0 Å². The predicted molar refractivity (Wildman–Crippen MR) is 66.5 cm³/mol. The van der Waals surface area contributed by atoms with Crippen LogP contribution in [-0.2, 0) is 11.3 Å². The van der Waals surface area contributed by atoms with Gasteiger partial charge in [-0.05, 0) is 32.4 Å². The van der Waals surface area contributed by atoms with Crippen molar-refractivity contribution in [3.63, 3.8) is 0 Å². The van der Waals surface area contributed by atoms with E-state index in [0.717, 1.165) is 0 Å². The summed E-state index contributed by atoms with van der Waals surface area (Å²) >= 11 is 0. The summed E-state index contributed by atoms with van der Waals surface area (Å²) in [7, 11) is 0. The van der Waals surface area contributed by atoms with Gasteiger partial charge in [-0.2, -0.15) is 0 Å². The Hall–Kier alpha value is -2.04. The van der Waals surface area contributed by atoms with E-state index in [2.05, 4.69) is 5.32 Å². The van der Waals surface area contributed by atoms with E-state index >= 15 is 0 Å². The van der Waals surface area contributed by atoms with Gasteiger partial charge in [-0.3, -0.25) is 0 Å². The smallest absolute Gasteiger partial charge is 0.404 e. The summed E-state index contributed by atoms with van der Waals surface area (Å²) in [5.41, 5.74) is 0.389. The minimum Gasteiger partial charge on any atom is -0.465 e. The van der Waals surface area contributed by atoms with E-state index in [9.17, 15) is 9.59 Å². The third kappa shape index (κ3) is 4.45. The van der Waals surface area contributed by atoms with Crippen molar-refractivity contribution < 1.29 is 19.4 Å². The zero-order valence-corrected chi connectivity index (χ0v) is 10.7. The number of benzene rings is 1. The van der Waals surface area contributed by atoms with Gasteiger partial charge in [0.25, 0.3) is 0 Å². The van der Waals surface area contributed by atoms with Crippen LogP contribution in [-0.4, -0.2) is 22.8 Å². The molecule has 0 aliphatic carbocycles. The summed E-state index contributed by atoms with van der Waals surface area (Å²) in [4.78, 5) is 22.4. The summed E-state index contributed by atoms with van der Waals surface area (Å²) in [5, 5.41) is 10.8. The third-order valence-corrected chi connectivity index (χ3v) is 2.07. The standard InChI is InChI=1S/C13H17NO4/c1-13(2,3)18-11(15)10-7-5-4-6-9(10)8-14-12(16)17/h4-7,14H,8H2,1-3H3,(H,16,17). The summed E-state index contributed by atoms with van der Waals surface area (Å²) in [6, 6.07) is 6.76. The van der Waals surface area contributed by atoms with E-state index in [4.69, 9.17) is 9.84 Å². The van der Waals surface area contributed by atoms with Crippen molar-refractivity contribution in [3.8, 4) is 0 Å². The van der Waals surface area contributed by atoms with Gasteiger partial charge in [0.1, 0.15) is 5.60 Å². The number of carboxylic acid groups (broad SMARTS) is 1. The maximum absolute atomic E-state index is 11.9. The molecule has 0 bridgehead atoms. The zero-order chi connectivity index (χ0) is 13.8. The number of hydrogen-bond acceptors (Lipinski definition) is 3. The fourth-order valence-electron chi connectivity index (χ4n) is 1.38. The van der Waals surface area contributed by atoms with Crippen LogP contribution in [0.4, 0.5) is 4.79 Å². The van der Waals surface area contributed by atoms with Gasteiger partial charge in [-0.25, -0.2) is 9.59 Å². The number of hydrogen-bond donors (Lipinski definition) is 2. The van der Waals surface area contributed by atoms with Crippen LogP contribution in [0.25, 0.3) is 0 Å². The predicted octanol–water partition coefficient (Wildman–Crippen LogP) is 2.41. The van der Waals surface area contributed by atoms with Gasteiger partial charge >= 0.3 is 12.1 Å². The van der Waals surface area contributed by atoms with Crippen LogP contribution in [0.3, 0.4) is 0 Å². The van der Waals surface area contributed by atoms with Gasteiger partial charge in [0.05, 0.1) is 5.56 Å². The Balaban J connectivity index is 2.87. The Bertz CT molecular complexity index is 449. The Labute approximate surface area is 106 Å². The number of carbonyl (C=O) groups excluding carboxylic acids is 1. The molecule has 98 valence electrons. The molecule has 5 heteroatoms. The molecule has 1 amide bonds. The fourth-order valence-corrected chi connectivity index (χ4v) is 1.38. The molecule has 0 unspecified atom stereocenters. The monoisotopic (exact) mass is 251 g/mol. The molecule has 2 N–H and O–H groups in total. The van der Waals surface area contributed by atoms with Crippen LogP contribution in [0.2, 0.25) is 0 Å². The lowest BCUT2D eigenvalue weighted by atomic mass is 10.1. The van der Waals surface area contributed by atoms with E-state index in [0.29, 0.717) is 11.1 Å². The van der Waals surface area contributed by atoms with E-state index in [-0.39, 0.29) is 6.54 Å². The molecule has 18 heavy (non-hydrogen) atoms. The molecule has 0 fully saturated rings. The lowest BCUT2D eigenvalue weighted by molar-refractivity contribution is 0.00680. The maximum Gasteiger partial charge on any atom is 0.404 e. The quantitative estimate of drug-likeness (QED) is 0.809. The number of nitrogens with one attached hydrogen (secondary N) is 1. The lowest BCUT2D eigenvalue weighted by Crippen LogP contribution is -2.26. The molecule has 0 saturated carbocycles. The van der Waals surface area contributed by atoms with Crippen LogP contribution in [0.15, 0.2) is 24.3 Å². The molecular weight excluding hydrogens is 234 g/mol. The number of esters is 1. The number of carbonyl (C=O) groups is 2. The summed E-state index contributed by atoms with van der Waals surface area (Å²) in [6.07, 6.45) is -1.13. The van der Waals surface area contributed by atoms with E-state index in [1.165, 1.54) is 0 Å². The molecule has 0 radical (unpaired) electrons. The first-order chi connectivity index (χ1) is 8.29. The van der Waals surface area contributed by atoms with Crippen molar-refractivity contribution in [2.45, 2.75) is 32.9 Å². The normalized spacial score (nSPS) is 10.8. The Morgan fingerprint density at radius 1 is 1.28 bits per heavy atom. The Kier molecular flexibility index (Phi) is 4.31. The number of rotatable bonds is 3. The van der Waals surface area contributed by atoms with Crippen molar-refractivity contribution in [1.29, 1.82) is 0 Å². The minimum atomic E-state index is -1.13. The van der Waals surface area contributed by atoms with Crippen LogP contribution in [0.5, 0.6) is 0 Å². The minimum absolute atomic E-state index is 0.0742. The highest BCUT2D eigenvalue weighted by Gasteiger charge is 2.19. The van der Waals surface area contributed by atoms with E-state index in [1.807, 2.05) is 0 Å². The summed E-state index contributed by atoms with van der Waals surface area (Å²) < 4.78 is 5.26. The van der Waals surface area contributed by atoms with E-state index < -0.39 is 17.7 Å². The first kappa shape index (κ1) is 14.0. The average molecular weight is 251 g/mol. The Morgan fingerprint density at radius 2 is 1.89 bits per heavy atom. The molecular formula is C13H17NO4. The van der Waals surface area contributed by atoms with Crippen molar-refractivity contribution in [3.05, 3.63) is 35.4 Å². The second-order valence-electron chi connectivity index (χ2n) is 4.82. The first-order valence-corrected chi connectivity index (χ1v) is 5.57. The number of amides is 1. The van der Waals surface area contributed by atoms with Gasteiger partial charge < -0.3 is 15.2 Å². The first-order valence-electron chi connectivity index (χ1n) is 5.57. The van der Waals surface area contributed by atoms with Gasteiger partial charge in [0.15, 0.2) is 0 Å². The molecule has 0 aliphatic heterocycles. The lowest BCUT2D eigenvalue weighted by Gasteiger charge is -2.20. The van der Waals surface area contributed by atoms with Crippen LogP contribution in [0.1, 0.15) is 36.7 Å². The van der Waals surface area contributed by atoms with Crippen molar-refractivity contribution in [1.82, 2.24) is 5.32 Å². The molecule has 5 nitrogen and oxygen atoms in total. The molecule has 1 rings (SSSR count). The van der Waals surface area contributed by atoms with Gasteiger partial charge in [0.2, 0.25) is 0 Å². The van der Waals surface area contributed by atoms with Crippen molar-refractivity contribution in [2.24, 2.45) is 0 Å². The van der Waals surface area contributed by atoms with Crippen LogP contribution >= 0.6 is 0 Å². The molecule has 1 aromatic rings. The van der Waals surface area contributed by atoms with Gasteiger partial charge in [0, 0.05) is 6.54 Å². The molecule has 0 heterocycles. The second kappa shape index (κ2) is 5.53. The topological polar surface area (TPSA) is 75.6 Å². The Morgan fingerprint density at radius 3 is 2.44 bits per heavy atom. The molecule has 0 spiro atoms. The summed E-state index contributed by atoms with van der Waals surface area (Å²) in [5.74, 6) is -0.453. The molecule has 1 aromatic carbocycles. The molecule has 0 saturated heterocycles. The summed E-state index contributed by atoms with van der Waals surface area (Å²) in [6.45, 7) is 5.42.